The van der Waals surface area contributed by atoms with Crippen LogP contribution in [0.1, 0.15) is 44.3 Å². The fraction of sp³-hybridized carbons (Fsp3) is 0.273. The van der Waals surface area contributed by atoms with Crippen molar-refractivity contribution in [2.24, 2.45) is 5.92 Å². The number of benzene rings is 4. The summed E-state index contributed by atoms with van der Waals surface area (Å²) in [5, 5.41) is 24.4. The lowest BCUT2D eigenvalue weighted by atomic mass is 10.0. The van der Waals surface area contributed by atoms with Gasteiger partial charge < -0.3 is 14.0 Å². The number of halogens is 2. The van der Waals surface area contributed by atoms with Gasteiger partial charge in [-0.3, -0.25) is 62.4 Å². The summed E-state index contributed by atoms with van der Waals surface area (Å²) in [4.78, 5) is 80.2. The molecule has 4 aromatic heterocycles. The molecule has 0 radical (unpaired) electrons. The van der Waals surface area contributed by atoms with E-state index in [1.165, 1.54) is 86.2 Å². The third-order valence-electron chi connectivity index (χ3n) is 14.3. The molecule has 8 aromatic rings. The number of aromatic nitrogens is 8. The van der Waals surface area contributed by atoms with Crippen molar-refractivity contribution in [2.75, 3.05) is 42.3 Å². The normalized spacial score (nSPS) is 24.9. The molecule has 10 atom stereocenters. The van der Waals surface area contributed by atoms with E-state index >= 15 is 17.9 Å². The van der Waals surface area contributed by atoms with E-state index in [2.05, 4.69) is 43.1 Å². The number of fused-ring (bicyclic) bond motifs is 4. The van der Waals surface area contributed by atoms with E-state index in [-0.39, 0.29) is 75.3 Å². The Balaban J connectivity index is 0.968. The van der Waals surface area contributed by atoms with Gasteiger partial charge in [-0.15, -0.1) is 13.2 Å². The quantitative estimate of drug-likeness (QED) is 0.0334. The van der Waals surface area contributed by atoms with Crippen LogP contribution >= 0.6 is 36.1 Å². The summed E-state index contributed by atoms with van der Waals surface area (Å²) in [5.74, 6) is -3.00. The van der Waals surface area contributed by atoms with Gasteiger partial charge in [0.1, 0.15) is 24.9 Å². The first kappa shape index (κ1) is 59.7. The van der Waals surface area contributed by atoms with E-state index in [0.717, 1.165) is 12.7 Å². The molecule has 0 aliphatic carbocycles. The van der Waals surface area contributed by atoms with Crippen LogP contribution in [-0.2, 0) is 43.7 Å². The summed E-state index contributed by atoms with van der Waals surface area (Å²) in [6.45, 7) is -3.33. The minimum absolute atomic E-state index is 0.00616. The summed E-state index contributed by atoms with van der Waals surface area (Å²) in [6, 6.07) is 28.1. The van der Waals surface area contributed by atoms with Crippen molar-refractivity contribution >= 4 is 93.3 Å². The first-order valence-electron chi connectivity index (χ1n) is 26.4. The Morgan fingerprint density at radius 3 is 1.62 bits per heavy atom. The largest absolute Gasteiger partial charge is 0.390 e. The maximum absolute atomic E-state index is 18.0. The Morgan fingerprint density at radius 2 is 1.10 bits per heavy atom. The standard InChI is InChI=1S/C55H50F2N12O13P2S2/c1-3-23-64(52(70)34-15-7-5-8-16-34)48-45-50(60-30-58-48)66(32-62-45)54-43(56)38-27-83(76,85-28-36-19-11-13-21-39(36)68(72)73)78-26-42-47(82-84(77,79-25-41(38)80-54)86-29-37-20-12-14-22-40(37)69(74)75)44(57)55(81-42)67-33-63-46-49(59-31-61-51(46)67)65(24-4-2)53(71)35-17-9-6-10-18-35/h3-22,30-33,38,41-44,47,54-55H,1-2,23-29H2/t38-,41-,42-,43-,44-,47-,54?,55?,83-,84-/m1/s1. The SMILES string of the molecule is C=CCN(C(=O)c1ccccc1)c1ncnc2c1ncn2C1O[C@@H]2CO[P@@](=O)(SCc3ccccc3[N+](=O)[O-])O[C@@H]3[C@@H](CO[P@@](=O)(SCc4ccccc4[N+](=O)[O-])C[C@H]2[C@H]1F)OC(n1cnc2c(N(CC=C)C(=O)c4ccccc4)ncnc21)[C@@H]3F. The zero-order chi connectivity index (χ0) is 60.3. The predicted molar refractivity (Wildman–Crippen MR) is 314 cm³/mol. The molecule has 0 saturated carbocycles. The molecule has 0 spiro atoms. The number of rotatable bonds is 18. The van der Waals surface area contributed by atoms with E-state index in [1.807, 2.05) is 0 Å². The molecule has 3 saturated heterocycles. The highest BCUT2D eigenvalue weighted by Gasteiger charge is 2.55. The van der Waals surface area contributed by atoms with Crippen molar-refractivity contribution in [1.82, 2.24) is 39.0 Å². The maximum Gasteiger partial charge on any atom is 0.390 e. The number of nitrogens with zero attached hydrogens (tertiary/aromatic N) is 12. The summed E-state index contributed by atoms with van der Waals surface area (Å²) in [7, 11) is 0. The van der Waals surface area contributed by atoms with Crippen molar-refractivity contribution in [3.63, 3.8) is 0 Å². The van der Waals surface area contributed by atoms with Crippen LogP contribution in [0.2, 0.25) is 0 Å². The number of imidazole rings is 2. The molecule has 2 amide bonds. The van der Waals surface area contributed by atoms with Crippen molar-refractivity contribution in [3.8, 4) is 0 Å². The number of anilines is 2. The molecule has 25 nitrogen and oxygen atoms in total. The van der Waals surface area contributed by atoms with Crippen LogP contribution in [0.15, 0.2) is 160 Å². The second-order valence-electron chi connectivity index (χ2n) is 19.6. The molecule has 0 bridgehead atoms. The number of amides is 2. The molecule has 3 aliphatic rings. The summed E-state index contributed by atoms with van der Waals surface area (Å²) >= 11 is 1.13. The van der Waals surface area contributed by atoms with Crippen LogP contribution in [0.3, 0.4) is 0 Å². The van der Waals surface area contributed by atoms with Gasteiger partial charge in [0.25, 0.3) is 29.8 Å². The number of nitro groups is 2. The first-order chi connectivity index (χ1) is 41.6. The molecule has 3 fully saturated rings. The van der Waals surface area contributed by atoms with Crippen LogP contribution in [0.5, 0.6) is 0 Å². The van der Waals surface area contributed by atoms with Crippen molar-refractivity contribution in [3.05, 3.63) is 202 Å². The van der Waals surface area contributed by atoms with Gasteiger partial charge in [0.2, 0.25) is 0 Å². The van der Waals surface area contributed by atoms with Crippen molar-refractivity contribution in [2.45, 2.75) is 54.6 Å². The monoisotopic (exact) mass is 1250 g/mol. The highest BCUT2D eigenvalue weighted by molar-refractivity contribution is 8.56. The van der Waals surface area contributed by atoms with Gasteiger partial charge in [-0.1, -0.05) is 96.3 Å². The minimum Gasteiger partial charge on any atom is -0.349 e. The van der Waals surface area contributed by atoms with E-state index in [4.69, 9.17) is 23.0 Å². The fourth-order valence-electron chi connectivity index (χ4n) is 10.2. The van der Waals surface area contributed by atoms with E-state index < -0.39 is 109 Å². The van der Waals surface area contributed by atoms with Crippen LogP contribution in [0.25, 0.3) is 22.3 Å². The van der Waals surface area contributed by atoms with Gasteiger partial charge in [-0.05, 0) is 35.6 Å². The summed E-state index contributed by atoms with van der Waals surface area (Å²) in [5.41, 5.74) is 0.321. The molecule has 86 heavy (non-hydrogen) atoms. The number of hydrogen-bond donors (Lipinski definition) is 0. The van der Waals surface area contributed by atoms with Gasteiger partial charge in [0.05, 0.1) is 41.8 Å². The summed E-state index contributed by atoms with van der Waals surface area (Å²) in [6.07, 6.45) is -5.87. The Morgan fingerprint density at radius 1 is 0.640 bits per heavy atom. The fourth-order valence-corrected chi connectivity index (χ4v) is 18.0. The zero-order valence-electron chi connectivity index (χ0n) is 45.0. The van der Waals surface area contributed by atoms with E-state index in [1.54, 1.807) is 66.7 Å². The third-order valence-corrected chi connectivity index (χ3v) is 22.5. The van der Waals surface area contributed by atoms with Crippen LogP contribution < -0.4 is 9.80 Å². The molecular formula is C55H50F2N12O13P2S2. The molecule has 444 valence electrons. The Hall–Kier alpha value is -7.98. The van der Waals surface area contributed by atoms with Crippen LogP contribution in [0.4, 0.5) is 31.8 Å². The molecule has 4 aromatic carbocycles. The second-order valence-corrected chi connectivity index (χ2v) is 28.4. The highest BCUT2D eigenvalue weighted by Crippen LogP contribution is 2.67. The zero-order valence-corrected chi connectivity index (χ0v) is 48.4. The third kappa shape index (κ3) is 12.1. The number of para-hydroxylation sites is 2. The van der Waals surface area contributed by atoms with Crippen molar-refractivity contribution in [1.29, 1.82) is 0 Å². The maximum atomic E-state index is 18.0. The molecule has 31 heteroatoms. The predicted octanol–water partition coefficient (Wildman–Crippen LogP) is 10.8. The second kappa shape index (κ2) is 25.5. The molecule has 2 unspecified atom stereocenters. The Labute approximate surface area is 495 Å². The molecule has 11 rings (SSSR count). The number of carbonyl (C=O) groups excluding carboxylic acids is 2. The Bertz CT molecular complexity index is 3740. The molecular weight excluding hydrogens is 1200 g/mol. The molecule has 7 heterocycles. The number of alkyl halides is 2. The minimum atomic E-state index is -4.87. The van der Waals surface area contributed by atoms with Gasteiger partial charge in [0.15, 0.2) is 58.8 Å². The van der Waals surface area contributed by atoms with Gasteiger partial charge in [-0.2, -0.15) is 0 Å². The summed E-state index contributed by atoms with van der Waals surface area (Å²) < 4.78 is 101. The lowest BCUT2D eigenvalue weighted by molar-refractivity contribution is -0.385. The molecule has 3 aliphatic heterocycles. The van der Waals surface area contributed by atoms with E-state index in [9.17, 15) is 29.8 Å². The number of nitro benzene ring substituents is 2. The van der Waals surface area contributed by atoms with Crippen molar-refractivity contribution < 1.29 is 60.4 Å². The lowest BCUT2D eigenvalue weighted by Crippen LogP contribution is -2.35. The number of hydrogen-bond acceptors (Lipinski definition) is 21. The highest BCUT2D eigenvalue weighted by atomic mass is 32.7. The van der Waals surface area contributed by atoms with Crippen LogP contribution in [0, 0.1) is 26.1 Å². The average molecular weight is 1250 g/mol. The lowest BCUT2D eigenvalue weighted by Gasteiger charge is -2.30. The smallest absolute Gasteiger partial charge is 0.349 e. The average Bonchev–Trinajstić information content (AvgIpc) is 2.46. The number of carbonyl (C=O) groups is 2. The first-order valence-corrected chi connectivity index (χ1v) is 32.9. The van der Waals surface area contributed by atoms with Gasteiger partial charge in [-0.25, -0.2) is 43.2 Å². The molecule has 0 N–H and O–H groups in total. The Kier molecular flexibility index (Phi) is 17.7. The topological polar surface area (TPSA) is 294 Å². The number of ether oxygens (including phenoxy) is 2. The van der Waals surface area contributed by atoms with Crippen LogP contribution in [-0.4, -0.2) is 124 Å². The van der Waals surface area contributed by atoms with E-state index in [0.29, 0.717) is 33.9 Å². The van der Waals surface area contributed by atoms with Gasteiger partial charge in [0, 0.05) is 71.1 Å². The van der Waals surface area contributed by atoms with Gasteiger partial charge >= 0.3 is 6.80 Å².